The first-order valence-corrected chi connectivity index (χ1v) is 5.53. The number of aliphatic carboxylic acids is 1. The van der Waals surface area contributed by atoms with Crippen LogP contribution < -0.4 is 11.5 Å². The minimum atomic E-state index is -4.51. The van der Waals surface area contributed by atoms with Crippen LogP contribution >= 0.6 is 0 Å². The van der Waals surface area contributed by atoms with E-state index in [1.54, 1.807) is 0 Å². The summed E-state index contributed by atoms with van der Waals surface area (Å²) in [7, 11) is 0. The second-order valence-corrected chi connectivity index (χ2v) is 4.48. The van der Waals surface area contributed by atoms with Gasteiger partial charge in [-0.15, -0.1) is 0 Å². The van der Waals surface area contributed by atoms with Crippen LogP contribution in [0.25, 0.3) is 0 Å². The molecule has 1 aromatic carbocycles. The lowest BCUT2D eigenvalue weighted by Crippen LogP contribution is -2.35. The highest BCUT2D eigenvalue weighted by atomic mass is 19.4. The summed E-state index contributed by atoms with van der Waals surface area (Å²) in [6.45, 7) is 1.48. The number of carbonyl (C=O) groups is 1. The number of hydrogen-bond donors (Lipinski definition) is 3. The topological polar surface area (TPSA) is 89.3 Å². The van der Waals surface area contributed by atoms with E-state index in [2.05, 4.69) is 0 Å². The molecule has 0 amide bonds. The van der Waals surface area contributed by atoms with Gasteiger partial charge in [0.2, 0.25) is 0 Å². The molecule has 19 heavy (non-hydrogen) atoms. The minimum Gasteiger partial charge on any atom is -0.481 e. The van der Waals surface area contributed by atoms with Gasteiger partial charge in [0.15, 0.2) is 0 Å². The van der Waals surface area contributed by atoms with Crippen LogP contribution in [0.15, 0.2) is 18.2 Å². The molecule has 0 spiro atoms. The van der Waals surface area contributed by atoms with Gasteiger partial charge in [-0.3, -0.25) is 4.79 Å². The van der Waals surface area contributed by atoms with Gasteiger partial charge in [0, 0.05) is 5.69 Å². The third-order valence-corrected chi connectivity index (χ3v) is 3.09. The van der Waals surface area contributed by atoms with E-state index in [4.69, 9.17) is 11.5 Å². The molecule has 5 N–H and O–H groups in total. The Morgan fingerprint density at radius 3 is 2.32 bits per heavy atom. The lowest BCUT2D eigenvalue weighted by atomic mass is 9.78. The zero-order valence-corrected chi connectivity index (χ0v) is 10.3. The SMILES string of the molecule is CC(CCN)(C(=O)O)c1ccc(C(F)(F)F)cc1N. The molecule has 1 rings (SSSR count). The van der Waals surface area contributed by atoms with Gasteiger partial charge in [0.25, 0.3) is 0 Å². The van der Waals surface area contributed by atoms with Gasteiger partial charge in [-0.25, -0.2) is 0 Å². The number of carboxylic acids is 1. The van der Waals surface area contributed by atoms with Crippen molar-refractivity contribution in [2.45, 2.75) is 24.9 Å². The van der Waals surface area contributed by atoms with Gasteiger partial charge in [-0.1, -0.05) is 6.07 Å². The summed E-state index contributed by atoms with van der Waals surface area (Å²) in [6, 6.07) is 2.67. The van der Waals surface area contributed by atoms with E-state index in [1.807, 2.05) is 0 Å². The molecule has 0 aliphatic rings. The number of nitrogens with two attached hydrogens (primary N) is 2. The summed E-state index contributed by atoms with van der Waals surface area (Å²) < 4.78 is 37.5. The van der Waals surface area contributed by atoms with E-state index in [0.29, 0.717) is 0 Å². The molecule has 0 saturated carbocycles. The third-order valence-electron chi connectivity index (χ3n) is 3.09. The summed E-state index contributed by atoms with van der Waals surface area (Å²) >= 11 is 0. The predicted molar refractivity (Wildman–Crippen MR) is 64.5 cm³/mol. The molecule has 0 radical (unpaired) electrons. The lowest BCUT2D eigenvalue weighted by molar-refractivity contribution is -0.143. The third kappa shape index (κ3) is 2.98. The van der Waals surface area contributed by atoms with Gasteiger partial charge in [-0.05, 0) is 37.6 Å². The summed E-state index contributed by atoms with van der Waals surface area (Å²) in [5.74, 6) is -1.18. The zero-order chi connectivity index (χ0) is 14.8. The van der Waals surface area contributed by atoms with Crippen LogP contribution in [0.2, 0.25) is 0 Å². The molecule has 1 atom stereocenters. The number of carboxylic acid groups (broad SMARTS) is 1. The summed E-state index contributed by atoms with van der Waals surface area (Å²) in [4.78, 5) is 11.3. The molecular weight excluding hydrogens is 261 g/mol. The van der Waals surface area contributed by atoms with Crippen molar-refractivity contribution < 1.29 is 23.1 Å². The lowest BCUT2D eigenvalue weighted by Gasteiger charge is -2.26. The fourth-order valence-electron chi connectivity index (χ4n) is 1.89. The Morgan fingerprint density at radius 2 is 1.95 bits per heavy atom. The Morgan fingerprint density at radius 1 is 1.37 bits per heavy atom. The molecule has 0 saturated heterocycles. The smallest absolute Gasteiger partial charge is 0.416 e. The highest BCUT2D eigenvalue weighted by Crippen LogP contribution is 2.36. The van der Waals surface area contributed by atoms with Crippen LogP contribution in [0.4, 0.5) is 18.9 Å². The van der Waals surface area contributed by atoms with Gasteiger partial charge >= 0.3 is 12.1 Å². The largest absolute Gasteiger partial charge is 0.481 e. The molecule has 0 heterocycles. The number of anilines is 1. The first-order chi connectivity index (χ1) is 8.63. The van der Waals surface area contributed by atoms with E-state index in [1.165, 1.54) is 6.92 Å². The number of benzene rings is 1. The number of nitrogen functional groups attached to an aromatic ring is 1. The average molecular weight is 276 g/mol. The van der Waals surface area contributed by atoms with Crippen molar-refractivity contribution in [3.05, 3.63) is 29.3 Å². The van der Waals surface area contributed by atoms with E-state index in [9.17, 15) is 23.1 Å². The first-order valence-electron chi connectivity index (χ1n) is 5.53. The second-order valence-electron chi connectivity index (χ2n) is 4.48. The average Bonchev–Trinajstić information content (AvgIpc) is 2.27. The van der Waals surface area contributed by atoms with Crippen molar-refractivity contribution in [1.82, 2.24) is 0 Å². The Hall–Kier alpha value is -1.76. The van der Waals surface area contributed by atoms with Crippen LogP contribution in [0.3, 0.4) is 0 Å². The fourth-order valence-corrected chi connectivity index (χ4v) is 1.89. The molecule has 7 heteroatoms. The predicted octanol–water partition coefficient (Wildman–Crippen LogP) is 1.98. The van der Waals surface area contributed by atoms with Crippen LogP contribution in [0.1, 0.15) is 24.5 Å². The molecule has 0 aromatic heterocycles. The Labute approximate surface area is 108 Å². The molecule has 4 nitrogen and oxygen atoms in total. The number of hydrogen-bond acceptors (Lipinski definition) is 3. The van der Waals surface area contributed by atoms with Crippen LogP contribution in [-0.4, -0.2) is 17.6 Å². The van der Waals surface area contributed by atoms with Crippen molar-refractivity contribution in [3.63, 3.8) is 0 Å². The van der Waals surface area contributed by atoms with E-state index in [0.717, 1.165) is 18.2 Å². The molecule has 0 bridgehead atoms. The molecule has 1 aromatic rings. The van der Waals surface area contributed by atoms with Gasteiger partial charge in [0.05, 0.1) is 11.0 Å². The van der Waals surface area contributed by atoms with E-state index >= 15 is 0 Å². The maximum atomic E-state index is 12.5. The van der Waals surface area contributed by atoms with Crippen LogP contribution in [0, 0.1) is 0 Å². The molecule has 1 unspecified atom stereocenters. The molecule has 0 aliphatic carbocycles. The molecule has 0 fully saturated rings. The van der Waals surface area contributed by atoms with Gasteiger partial charge in [0.1, 0.15) is 0 Å². The maximum absolute atomic E-state index is 12.5. The van der Waals surface area contributed by atoms with E-state index in [-0.39, 0.29) is 24.2 Å². The van der Waals surface area contributed by atoms with Crippen molar-refractivity contribution in [2.24, 2.45) is 5.73 Å². The minimum absolute atomic E-state index is 0.0812. The highest BCUT2D eigenvalue weighted by molar-refractivity contribution is 5.83. The monoisotopic (exact) mass is 276 g/mol. The maximum Gasteiger partial charge on any atom is 0.416 e. The normalized spacial score (nSPS) is 15.0. The van der Waals surface area contributed by atoms with Gasteiger partial charge in [-0.2, -0.15) is 13.2 Å². The summed E-state index contributed by atoms with van der Waals surface area (Å²) in [5.41, 5.74) is 8.55. The molecular formula is C12H15F3N2O2. The molecule has 106 valence electrons. The van der Waals surface area contributed by atoms with Crippen LogP contribution in [-0.2, 0) is 16.4 Å². The Bertz CT molecular complexity index is 488. The van der Waals surface area contributed by atoms with Crippen molar-refractivity contribution in [2.75, 3.05) is 12.3 Å². The fraction of sp³-hybridized carbons (Fsp3) is 0.417. The van der Waals surface area contributed by atoms with Crippen molar-refractivity contribution >= 4 is 11.7 Å². The number of halogens is 3. The van der Waals surface area contributed by atoms with Crippen molar-refractivity contribution in [1.29, 1.82) is 0 Å². The summed E-state index contributed by atoms with van der Waals surface area (Å²) in [5, 5.41) is 9.24. The number of rotatable bonds is 4. The highest BCUT2D eigenvalue weighted by Gasteiger charge is 2.38. The quantitative estimate of drug-likeness (QED) is 0.733. The molecule has 0 aliphatic heterocycles. The van der Waals surface area contributed by atoms with Crippen molar-refractivity contribution in [3.8, 4) is 0 Å². The standard InChI is InChI=1S/C12H15F3N2O2/c1-11(4-5-16,10(18)19)8-3-2-7(6-9(8)17)12(13,14)15/h2-3,6H,4-5,16-17H2,1H3,(H,18,19). The summed E-state index contributed by atoms with van der Waals surface area (Å²) in [6.07, 6.45) is -4.43. The zero-order valence-electron chi connectivity index (χ0n) is 10.3. The Balaban J connectivity index is 3.32. The van der Waals surface area contributed by atoms with Crippen LogP contribution in [0.5, 0.6) is 0 Å². The van der Waals surface area contributed by atoms with E-state index < -0.39 is 23.1 Å². The second kappa shape index (κ2) is 5.08. The van der Waals surface area contributed by atoms with Gasteiger partial charge < -0.3 is 16.6 Å². The number of alkyl halides is 3. The Kier molecular flexibility index (Phi) is 4.09. The first kappa shape index (κ1) is 15.3.